The van der Waals surface area contributed by atoms with E-state index in [1.165, 1.54) is 6.42 Å². The summed E-state index contributed by atoms with van der Waals surface area (Å²) in [7, 11) is 1.78. The van der Waals surface area contributed by atoms with Gasteiger partial charge in [0.15, 0.2) is 5.15 Å². The highest BCUT2D eigenvalue weighted by Crippen LogP contribution is 2.28. The first-order chi connectivity index (χ1) is 8.19. The molecule has 0 aliphatic heterocycles. The van der Waals surface area contributed by atoms with Crippen LogP contribution in [-0.2, 0) is 4.74 Å². The number of aromatic nitrogens is 1. The molecule has 2 atom stereocenters. The highest BCUT2D eigenvalue weighted by atomic mass is 79.9. The minimum Gasteiger partial charge on any atom is -0.381 e. The molecule has 1 aromatic heterocycles. The van der Waals surface area contributed by atoms with E-state index in [0.29, 0.717) is 17.3 Å². The predicted octanol–water partition coefficient (Wildman–Crippen LogP) is 3.87. The van der Waals surface area contributed by atoms with Crippen molar-refractivity contribution in [2.45, 2.75) is 37.8 Å². The van der Waals surface area contributed by atoms with E-state index in [1.54, 1.807) is 13.3 Å². The number of pyridine rings is 1. The van der Waals surface area contributed by atoms with Gasteiger partial charge in [0.25, 0.3) is 0 Å². The van der Waals surface area contributed by atoms with Crippen molar-refractivity contribution in [3.8, 4) is 0 Å². The van der Waals surface area contributed by atoms with E-state index in [9.17, 15) is 0 Å². The molecule has 0 bridgehead atoms. The third kappa shape index (κ3) is 3.57. The zero-order valence-electron chi connectivity index (χ0n) is 9.75. The fourth-order valence-corrected chi connectivity index (χ4v) is 2.72. The zero-order chi connectivity index (χ0) is 12.3. The highest BCUT2D eigenvalue weighted by Gasteiger charge is 2.22. The Morgan fingerprint density at radius 2 is 2.35 bits per heavy atom. The molecule has 0 spiro atoms. The molecule has 0 aromatic carbocycles. The van der Waals surface area contributed by atoms with E-state index in [-0.39, 0.29) is 0 Å². The van der Waals surface area contributed by atoms with E-state index in [4.69, 9.17) is 16.3 Å². The molecule has 17 heavy (non-hydrogen) atoms. The molecule has 94 valence electrons. The number of nitrogens with zero attached hydrogens (tertiary/aromatic N) is 1. The van der Waals surface area contributed by atoms with Crippen LogP contribution in [0.15, 0.2) is 16.7 Å². The summed E-state index contributed by atoms with van der Waals surface area (Å²) in [4.78, 5) is 4.11. The maximum Gasteiger partial charge on any atom is 0.152 e. The molecular weight excluding hydrogens is 304 g/mol. The van der Waals surface area contributed by atoms with E-state index in [2.05, 4.69) is 26.2 Å². The van der Waals surface area contributed by atoms with E-state index >= 15 is 0 Å². The Morgan fingerprint density at radius 3 is 3.12 bits per heavy atom. The van der Waals surface area contributed by atoms with Crippen molar-refractivity contribution in [1.82, 2.24) is 4.98 Å². The Morgan fingerprint density at radius 1 is 1.53 bits per heavy atom. The molecule has 1 N–H and O–H groups in total. The molecule has 0 saturated heterocycles. The molecule has 0 amide bonds. The summed E-state index contributed by atoms with van der Waals surface area (Å²) in [6.45, 7) is 0. The topological polar surface area (TPSA) is 34.1 Å². The summed E-state index contributed by atoms with van der Waals surface area (Å²) in [6.07, 6.45) is 6.59. The number of nitrogens with one attached hydrogen (secondary N) is 1. The Kier molecular flexibility index (Phi) is 4.65. The van der Waals surface area contributed by atoms with Crippen LogP contribution in [0.4, 0.5) is 5.69 Å². The molecule has 1 aliphatic rings. The summed E-state index contributed by atoms with van der Waals surface area (Å²) in [6, 6.07) is 2.38. The van der Waals surface area contributed by atoms with Gasteiger partial charge in [-0.3, -0.25) is 0 Å². The lowest BCUT2D eigenvalue weighted by atomic mass is 9.93. The number of ether oxygens (including phenoxy) is 1. The van der Waals surface area contributed by atoms with Gasteiger partial charge in [0, 0.05) is 23.8 Å². The first kappa shape index (κ1) is 13.1. The third-order valence-electron chi connectivity index (χ3n) is 3.12. The fourth-order valence-electron chi connectivity index (χ4n) is 2.23. The normalized spacial score (nSPS) is 24.6. The lowest BCUT2D eigenvalue weighted by molar-refractivity contribution is 0.0669. The lowest BCUT2D eigenvalue weighted by Gasteiger charge is -2.29. The Hall–Kier alpha value is -0.320. The molecule has 0 radical (unpaired) electrons. The highest BCUT2D eigenvalue weighted by molar-refractivity contribution is 9.10. The average molecular weight is 320 g/mol. The molecule has 1 aromatic rings. The van der Waals surface area contributed by atoms with Crippen LogP contribution in [0, 0.1) is 0 Å². The molecule has 1 heterocycles. The van der Waals surface area contributed by atoms with E-state index in [1.807, 2.05) is 6.07 Å². The minimum absolute atomic E-state index is 0.361. The quantitative estimate of drug-likeness (QED) is 0.859. The molecule has 3 nitrogen and oxygen atoms in total. The predicted molar refractivity (Wildman–Crippen MR) is 73.6 cm³/mol. The molecule has 5 heteroatoms. The lowest BCUT2D eigenvalue weighted by Crippen LogP contribution is -2.31. The Labute approximate surface area is 115 Å². The van der Waals surface area contributed by atoms with Gasteiger partial charge in [0.2, 0.25) is 0 Å². The zero-order valence-corrected chi connectivity index (χ0v) is 12.1. The SMILES string of the molecule is COC1CCCC(Nc2cc(Br)cnc2Cl)C1. The van der Waals surface area contributed by atoms with Crippen LogP contribution in [0.2, 0.25) is 5.15 Å². The molecule has 1 saturated carbocycles. The summed E-state index contributed by atoms with van der Waals surface area (Å²) in [5.41, 5.74) is 0.891. The van der Waals surface area contributed by atoms with Crippen LogP contribution in [0.1, 0.15) is 25.7 Å². The maximum absolute atomic E-state index is 6.06. The van der Waals surface area contributed by atoms with Crippen molar-refractivity contribution in [2.24, 2.45) is 0 Å². The second-order valence-corrected chi connectivity index (χ2v) is 5.63. The average Bonchev–Trinajstić information content (AvgIpc) is 2.34. The minimum atomic E-state index is 0.361. The second-order valence-electron chi connectivity index (χ2n) is 4.36. The van der Waals surface area contributed by atoms with Gasteiger partial charge in [-0.25, -0.2) is 4.98 Å². The van der Waals surface area contributed by atoms with Gasteiger partial charge in [-0.15, -0.1) is 0 Å². The Balaban J connectivity index is 2.02. The van der Waals surface area contributed by atoms with Crippen molar-refractivity contribution in [3.05, 3.63) is 21.9 Å². The van der Waals surface area contributed by atoms with Crippen molar-refractivity contribution in [2.75, 3.05) is 12.4 Å². The van der Waals surface area contributed by atoms with Crippen molar-refractivity contribution >= 4 is 33.2 Å². The summed E-state index contributed by atoms with van der Waals surface area (Å²) >= 11 is 9.46. The number of methoxy groups -OCH3 is 1. The van der Waals surface area contributed by atoms with Crippen LogP contribution < -0.4 is 5.32 Å². The number of hydrogen-bond acceptors (Lipinski definition) is 3. The van der Waals surface area contributed by atoms with Gasteiger partial charge in [0.05, 0.1) is 11.8 Å². The monoisotopic (exact) mass is 318 g/mol. The second kappa shape index (κ2) is 6.03. The first-order valence-electron chi connectivity index (χ1n) is 5.79. The smallest absolute Gasteiger partial charge is 0.152 e. The van der Waals surface area contributed by atoms with Crippen molar-refractivity contribution in [3.63, 3.8) is 0 Å². The molecular formula is C12H16BrClN2O. The van der Waals surface area contributed by atoms with Gasteiger partial charge in [-0.05, 0) is 47.7 Å². The van der Waals surface area contributed by atoms with Crippen LogP contribution in [0.3, 0.4) is 0 Å². The summed E-state index contributed by atoms with van der Waals surface area (Å²) in [5, 5.41) is 3.97. The standard InChI is InChI=1S/C12H16BrClN2O/c1-17-10-4-2-3-9(6-10)16-11-5-8(13)7-15-12(11)14/h5,7,9-10,16H,2-4,6H2,1H3. The molecule has 2 unspecified atom stereocenters. The van der Waals surface area contributed by atoms with Crippen LogP contribution in [0.25, 0.3) is 0 Å². The van der Waals surface area contributed by atoms with Gasteiger partial charge >= 0.3 is 0 Å². The molecule has 1 aliphatic carbocycles. The molecule has 1 fully saturated rings. The van der Waals surface area contributed by atoms with Crippen molar-refractivity contribution < 1.29 is 4.74 Å². The number of rotatable bonds is 3. The number of halogens is 2. The fraction of sp³-hybridized carbons (Fsp3) is 0.583. The van der Waals surface area contributed by atoms with Gasteiger partial charge in [0.1, 0.15) is 0 Å². The van der Waals surface area contributed by atoms with Gasteiger partial charge in [-0.1, -0.05) is 11.6 Å². The maximum atomic E-state index is 6.06. The largest absolute Gasteiger partial charge is 0.381 e. The number of hydrogen-bond donors (Lipinski definition) is 1. The van der Waals surface area contributed by atoms with Crippen LogP contribution in [0.5, 0.6) is 0 Å². The van der Waals surface area contributed by atoms with Gasteiger partial charge in [-0.2, -0.15) is 0 Å². The van der Waals surface area contributed by atoms with Gasteiger partial charge < -0.3 is 10.1 Å². The third-order valence-corrected chi connectivity index (χ3v) is 3.86. The number of anilines is 1. The van der Waals surface area contributed by atoms with Crippen LogP contribution >= 0.6 is 27.5 Å². The Bertz CT molecular complexity index is 389. The van der Waals surface area contributed by atoms with Crippen molar-refractivity contribution in [1.29, 1.82) is 0 Å². The van der Waals surface area contributed by atoms with Crippen LogP contribution in [-0.4, -0.2) is 24.2 Å². The van der Waals surface area contributed by atoms with E-state index < -0.39 is 0 Å². The molecule has 2 rings (SSSR count). The summed E-state index contributed by atoms with van der Waals surface area (Å²) in [5.74, 6) is 0. The summed E-state index contributed by atoms with van der Waals surface area (Å²) < 4.78 is 6.35. The first-order valence-corrected chi connectivity index (χ1v) is 6.96. The van der Waals surface area contributed by atoms with E-state index in [0.717, 1.165) is 29.4 Å².